The number of hydrogen-bond donors (Lipinski definition) is 1. The zero-order valence-electron chi connectivity index (χ0n) is 7.27. The number of rotatable bonds is 3. The molecule has 0 spiro atoms. The average Bonchev–Trinajstić information content (AvgIpc) is 2.07. The fourth-order valence-corrected chi connectivity index (χ4v) is 1.01. The van der Waals surface area contributed by atoms with Crippen molar-refractivity contribution in [1.82, 2.24) is 0 Å². The smallest absolute Gasteiger partial charge is 0.0669 e. The average molecular weight is 167 g/mol. The summed E-state index contributed by atoms with van der Waals surface area (Å²) in [6.45, 7) is 3.87. The van der Waals surface area contributed by atoms with Crippen LogP contribution in [0.25, 0.3) is 0 Å². The van der Waals surface area contributed by atoms with E-state index >= 15 is 0 Å². The van der Waals surface area contributed by atoms with Gasteiger partial charge in [-0.25, -0.2) is 10.3 Å². The maximum atomic E-state index is 8.58. The molecule has 0 aliphatic heterocycles. The minimum absolute atomic E-state index is 0.109. The van der Waals surface area contributed by atoms with Crippen LogP contribution in [-0.4, -0.2) is 11.3 Å². The number of para-hydroxylation sites is 1. The molecule has 0 saturated heterocycles. The first-order valence-electron chi connectivity index (χ1n) is 3.91. The summed E-state index contributed by atoms with van der Waals surface area (Å²) in [7, 11) is 0. The Hall–Kier alpha value is -1.06. The van der Waals surface area contributed by atoms with Crippen LogP contribution in [-0.2, 0) is 4.99 Å². The molecule has 0 amide bonds. The van der Waals surface area contributed by atoms with Crippen molar-refractivity contribution in [3.05, 3.63) is 30.3 Å². The molecule has 0 aliphatic carbocycles. The lowest BCUT2D eigenvalue weighted by Gasteiger charge is -2.22. The summed E-state index contributed by atoms with van der Waals surface area (Å²) < 4.78 is 0. The number of hydrogen-bond acceptors (Lipinski definition) is 3. The SMILES string of the molecule is CC(C)N(OO)c1ccccc1. The highest BCUT2D eigenvalue weighted by atomic mass is 17.2. The van der Waals surface area contributed by atoms with E-state index in [2.05, 4.69) is 4.99 Å². The molecule has 1 rings (SSSR count). The van der Waals surface area contributed by atoms with Crippen LogP contribution < -0.4 is 5.06 Å². The van der Waals surface area contributed by atoms with Gasteiger partial charge in [-0.2, -0.15) is 0 Å². The van der Waals surface area contributed by atoms with Gasteiger partial charge >= 0.3 is 0 Å². The van der Waals surface area contributed by atoms with Crippen molar-refractivity contribution in [2.75, 3.05) is 5.06 Å². The summed E-state index contributed by atoms with van der Waals surface area (Å²) in [4.78, 5) is 4.23. The Morgan fingerprint density at radius 3 is 2.25 bits per heavy atom. The van der Waals surface area contributed by atoms with E-state index in [9.17, 15) is 0 Å². The number of anilines is 1. The van der Waals surface area contributed by atoms with Gasteiger partial charge in [0.25, 0.3) is 0 Å². The zero-order chi connectivity index (χ0) is 8.97. The maximum absolute atomic E-state index is 8.58. The van der Waals surface area contributed by atoms with Crippen molar-refractivity contribution in [3.8, 4) is 0 Å². The number of benzene rings is 1. The van der Waals surface area contributed by atoms with E-state index in [4.69, 9.17) is 5.26 Å². The topological polar surface area (TPSA) is 32.7 Å². The molecule has 3 heteroatoms. The molecular weight excluding hydrogens is 154 g/mol. The summed E-state index contributed by atoms with van der Waals surface area (Å²) >= 11 is 0. The van der Waals surface area contributed by atoms with Crippen LogP contribution in [0.15, 0.2) is 30.3 Å². The zero-order valence-corrected chi connectivity index (χ0v) is 7.27. The summed E-state index contributed by atoms with van der Waals surface area (Å²) in [5.41, 5.74) is 0.843. The fourth-order valence-electron chi connectivity index (χ4n) is 1.01. The molecule has 1 aromatic rings. The minimum atomic E-state index is 0.109. The summed E-state index contributed by atoms with van der Waals surface area (Å²) in [6, 6.07) is 9.55. The van der Waals surface area contributed by atoms with Crippen LogP contribution in [0.5, 0.6) is 0 Å². The second-order valence-corrected chi connectivity index (χ2v) is 2.84. The van der Waals surface area contributed by atoms with Crippen molar-refractivity contribution < 1.29 is 10.2 Å². The van der Waals surface area contributed by atoms with Crippen molar-refractivity contribution in [1.29, 1.82) is 0 Å². The molecule has 0 unspecified atom stereocenters. The molecule has 0 bridgehead atoms. The maximum Gasteiger partial charge on any atom is 0.0669 e. The molecule has 0 heterocycles. The molecule has 1 aromatic carbocycles. The summed E-state index contributed by atoms with van der Waals surface area (Å²) in [5, 5.41) is 10.0. The Balaban J connectivity index is 2.80. The molecule has 66 valence electrons. The van der Waals surface area contributed by atoms with E-state index in [1.54, 1.807) is 0 Å². The number of hydroxylamine groups is 1. The molecule has 0 aromatic heterocycles. The van der Waals surface area contributed by atoms with Gasteiger partial charge in [-0.1, -0.05) is 18.2 Å². The van der Waals surface area contributed by atoms with E-state index in [-0.39, 0.29) is 6.04 Å². The van der Waals surface area contributed by atoms with Crippen LogP contribution in [0.2, 0.25) is 0 Å². The number of nitrogens with zero attached hydrogens (tertiary/aromatic N) is 1. The molecule has 3 nitrogen and oxygen atoms in total. The van der Waals surface area contributed by atoms with Gasteiger partial charge in [0.15, 0.2) is 0 Å². The quantitative estimate of drug-likeness (QED) is 0.554. The van der Waals surface area contributed by atoms with Crippen LogP contribution >= 0.6 is 0 Å². The molecule has 0 saturated carbocycles. The predicted molar refractivity (Wildman–Crippen MR) is 47.8 cm³/mol. The molecule has 1 N–H and O–H groups in total. The van der Waals surface area contributed by atoms with Gasteiger partial charge < -0.3 is 0 Å². The molecule has 0 atom stereocenters. The Morgan fingerprint density at radius 1 is 1.25 bits per heavy atom. The van der Waals surface area contributed by atoms with Gasteiger partial charge in [0.05, 0.1) is 11.7 Å². The molecular formula is C9H13NO2. The normalized spacial score (nSPS) is 10.3. The lowest BCUT2D eigenvalue weighted by molar-refractivity contribution is -0.258. The Bertz CT molecular complexity index is 223. The first-order valence-corrected chi connectivity index (χ1v) is 3.91. The van der Waals surface area contributed by atoms with Crippen LogP contribution in [0, 0.1) is 0 Å². The summed E-state index contributed by atoms with van der Waals surface area (Å²) in [6.07, 6.45) is 0. The third-order valence-electron chi connectivity index (χ3n) is 1.57. The van der Waals surface area contributed by atoms with Crippen LogP contribution in [0.3, 0.4) is 0 Å². The molecule has 0 aliphatic rings. The first kappa shape index (κ1) is 9.03. The molecule has 12 heavy (non-hydrogen) atoms. The van der Waals surface area contributed by atoms with Gasteiger partial charge in [0, 0.05) is 0 Å². The highest BCUT2D eigenvalue weighted by molar-refractivity contribution is 5.43. The lowest BCUT2D eigenvalue weighted by atomic mass is 10.3. The first-order chi connectivity index (χ1) is 5.75. The highest BCUT2D eigenvalue weighted by Crippen LogP contribution is 2.15. The van der Waals surface area contributed by atoms with Crippen molar-refractivity contribution in [2.45, 2.75) is 19.9 Å². The second-order valence-electron chi connectivity index (χ2n) is 2.84. The minimum Gasteiger partial charge on any atom is -0.227 e. The van der Waals surface area contributed by atoms with Gasteiger partial charge in [0.2, 0.25) is 0 Å². The predicted octanol–water partition coefficient (Wildman–Crippen LogP) is 2.31. The highest BCUT2D eigenvalue weighted by Gasteiger charge is 2.09. The van der Waals surface area contributed by atoms with E-state index in [0.29, 0.717) is 0 Å². The van der Waals surface area contributed by atoms with Gasteiger partial charge in [-0.05, 0) is 26.0 Å². The molecule has 0 radical (unpaired) electrons. The largest absolute Gasteiger partial charge is 0.227 e. The van der Waals surface area contributed by atoms with E-state index in [0.717, 1.165) is 5.69 Å². The third kappa shape index (κ3) is 1.96. The monoisotopic (exact) mass is 167 g/mol. The van der Waals surface area contributed by atoms with Crippen LogP contribution in [0.4, 0.5) is 5.69 Å². The van der Waals surface area contributed by atoms with E-state index < -0.39 is 0 Å². The van der Waals surface area contributed by atoms with Crippen molar-refractivity contribution in [3.63, 3.8) is 0 Å². The van der Waals surface area contributed by atoms with Crippen molar-refractivity contribution >= 4 is 5.69 Å². The van der Waals surface area contributed by atoms with Gasteiger partial charge in [0.1, 0.15) is 0 Å². The third-order valence-corrected chi connectivity index (χ3v) is 1.57. The van der Waals surface area contributed by atoms with Crippen molar-refractivity contribution in [2.24, 2.45) is 0 Å². The Morgan fingerprint density at radius 2 is 1.83 bits per heavy atom. The van der Waals surface area contributed by atoms with E-state index in [1.807, 2.05) is 44.2 Å². The second kappa shape index (κ2) is 4.09. The standard InChI is InChI=1S/C9H13NO2/c1-8(2)10(12-11)9-6-4-3-5-7-9/h3-8,11H,1-2H3. The van der Waals surface area contributed by atoms with Gasteiger partial charge in [-0.15, -0.1) is 4.99 Å². The van der Waals surface area contributed by atoms with Crippen LogP contribution in [0.1, 0.15) is 13.8 Å². The molecule has 0 fully saturated rings. The Kier molecular flexibility index (Phi) is 3.08. The van der Waals surface area contributed by atoms with E-state index in [1.165, 1.54) is 5.06 Å². The lowest BCUT2D eigenvalue weighted by Crippen LogP contribution is -2.29. The fraction of sp³-hybridized carbons (Fsp3) is 0.333. The Labute approximate surface area is 72.1 Å². The summed E-state index contributed by atoms with van der Waals surface area (Å²) in [5.74, 6) is 0. The van der Waals surface area contributed by atoms with Gasteiger partial charge in [-0.3, -0.25) is 0 Å².